The van der Waals surface area contributed by atoms with Crippen molar-refractivity contribution in [1.82, 2.24) is 4.90 Å². The van der Waals surface area contributed by atoms with Gasteiger partial charge in [0, 0.05) is 19.2 Å². The van der Waals surface area contributed by atoms with Gasteiger partial charge in [0.2, 0.25) is 11.8 Å². The number of hydrogen-bond donors (Lipinski definition) is 2. The largest absolute Gasteiger partial charge is 0.505 e. The number of benzene rings is 2. The number of carbonyl (C=O) groups is 2. The Morgan fingerprint density at radius 1 is 1.30 bits per heavy atom. The van der Waals surface area contributed by atoms with E-state index in [1.165, 1.54) is 17.0 Å². The third-order valence-electron chi connectivity index (χ3n) is 4.22. The maximum Gasteiger partial charge on any atom is 0.238 e. The Balaban J connectivity index is 1.76. The number of thioether (sulfide) groups is 1. The number of rotatable bonds is 5. The molecular formula is C20H19Cl2N3O4S. The van der Waals surface area contributed by atoms with Crippen molar-refractivity contribution in [2.45, 2.75) is 18.6 Å². The number of aromatic hydroxyl groups is 1. The van der Waals surface area contributed by atoms with Crippen LogP contribution >= 0.6 is 35.0 Å². The van der Waals surface area contributed by atoms with Gasteiger partial charge < -0.3 is 15.2 Å². The molecule has 0 saturated carbocycles. The number of phenols is 1. The molecule has 0 bridgehead atoms. The molecule has 0 spiro atoms. The summed E-state index contributed by atoms with van der Waals surface area (Å²) in [5.74, 6) is -0.0778. The third-order valence-corrected chi connectivity index (χ3v) is 6.04. The average Bonchev–Trinajstić information content (AvgIpc) is 2.71. The number of nitrogens with one attached hydrogen (secondary N) is 1. The topological polar surface area (TPSA) is 91.2 Å². The van der Waals surface area contributed by atoms with E-state index in [9.17, 15) is 14.7 Å². The summed E-state index contributed by atoms with van der Waals surface area (Å²) in [5.41, 5.74) is 0.962. The lowest BCUT2D eigenvalue weighted by Crippen LogP contribution is -2.43. The van der Waals surface area contributed by atoms with Crippen LogP contribution < -0.4 is 10.1 Å². The number of amidine groups is 1. The highest BCUT2D eigenvalue weighted by molar-refractivity contribution is 8.15. The zero-order chi connectivity index (χ0) is 21.8. The summed E-state index contributed by atoms with van der Waals surface area (Å²) in [5, 5.41) is 12.3. The Morgan fingerprint density at radius 3 is 2.53 bits per heavy atom. The van der Waals surface area contributed by atoms with Gasteiger partial charge in [0.1, 0.15) is 11.0 Å². The van der Waals surface area contributed by atoms with Gasteiger partial charge in [-0.15, -0.1) is 0 Å². The first-order chi connectivity index (χ1) is 14.3. The molecule has 0 radical (unpaired) electrons. The number of aliphatic imine (C=N–C) groups is 1. The van der Waals surface area contributed by atoms with Crippen molar-refractivity contribution in [3.8, 4) is 11.5 Å². The molecule has 3 rings (SSSR count). The van der Waals surface area contributed by atoms with Gasteiger partial charge in [0.05, 0.1) is 22.3 Å². The fourth-order valence-corrected chi connectivity index (χ4v) is 4.19. The molecule has 2 N–H and O–H groups in total. The smallest absolute Gasteiger partial charge is 0.238 e. The minimum Gasteiger partial charge on any atom is -0.505 e. The van der Waals surface area contributed by atoms with Crippen LogP contribution in [-0.2, 0) is 9.59 Å². The number of nitrogens with zero attached hydrogens (tertiary/aromatic N) is 2. The SMILES string of the molecule is CCOc1ccc(NC(=O)C2CC(=O)N(C)C(=Nc3cc(Cl)c(O)c(Cl)c3)S2)cc1. The van der Waals surface area contributed by atoms with Crippen LogP contribution in [0.25, 0.3) is 0 Å². The quantitative estimate of drug-likeness (QED) is 0.665. The summed E-state index contributed by atoms with van der Waals surface area (Å²) in [7, 11) is 1.58. The number of halogens is 2. The van der Waals surface area contributed by atoms with E-state index in [-0.39, 0.29) is 34.0 Å². The van der Waals surface area contributed by atoms with Crippen molar-refractivity contribution in [2.75, 3.05) is 19.0 Å². The number of phenolic OH excluding ortho intramolecular Hbond substituents is 1. The number of ether oxygens (including phenoxy) is 1. The highest BCUT2D eigenvalue weighted by Gasteiger charge is 2.34. The predicted molar refractivity (Wildman–Crippen MR) is 120 cm³/mol. The van der Waals surface area contributed by atoms with E-state index >= 15 is 0 Å². The second kappa shape index (κ2) is 9.59. The van der Waals surface area contributed by atoms with Gasteiger partial charge in [0.15, 0.2) is 10.9 Å². The van der Waals surface area contributed by atoms with Crippen molar-refractivity contribution in [2.24, 2.45) is 4.99 Å². The summed E-state index contributed by atoms with van der Waals surface area (Å²) in [6.07, 6.45) is 0.0418. The van der Waals surface area contributed by atoms with E-state index in [4.69, 9.17) is 27.9 Å². The molecule has 1 aliphatic rings. The van der Waals surface area contributed by atoms with E-state index in [0.29, 0.717) is 28.9 Å². The molecule has 10 heteroatoms. The standard InChI is InChI=1S/C20H19Cl2N3O4S/c1-3-29-13-6-4-11(5-7-13)23-19(28)16-10-17(26)25(2)20(30-16)24-12-8-14(21)18(27)15(22)9-12/h4-9,16,27H,3,10H2,1-2H3,(H,23,28). The molecule has 1 atom stereocenters. The van der Waals surface area contributed by atoms with Crippen LogP contribution in [0.2, 0.25) is 10.0 Å². The Labute approximate surface area is 188 Å². The molecule has 1 aliphatic heterocycles. The summed E-state index contributed by atoms with van der Waals surface area (Å²) < 4.78 is 5.39. The summed E-state index contributed by atoms with van der Waals surface area (Å²) in [6.45, 7) is 2.45. The zero-order valence-corrected chi connectivity index (χ0v) is 18.5. The molecule has 158 valence electrons. The van der Waals surface area contributed by atoms with E-state index in [1.54, 1.807) is 31.3 Å². The van der Waals surface area contributed by atoms with Crippen molar-refractivity contribution in [3.63, 3.8) is 0 Å². The van der Waals surface area contributed by atoms with Crippen LogP contribution in [-0.4, -0.2) is 45.9 Å². The van der Waals surface area contributed by atoms with Crippen molar-refractivity contribution in [1.29, 1.82) is 0 Å². The normalized spacial score (nSPS) is 17.9. The monoisotopic (exact) mass is 467 g/mol. The minimum atomic E-state index is -0.651. The van der Waals surface area contributed by atoms with Gasteiger partial charge in [-0.1, -0.05) is 35.0 Å². The van der Waals surface area contributed by atoms with Crippen LogP contribution in [0.1, 0.15) is 13.3 Å². The first kappa shape index (κ1) is 22.3. The van der Waals surface area contributed by atoms with Gasteiger partial charge >= 0.3 is 0 Å². The molecule has 1 unspecified atom stereocenters. The summed E-state index contributed by atoms with van der Waals surface area (Å²) in [6, 6.07) is 9.85. The second-order valence-corrected chi connectivity index (χ2v) is 8.35. The van der Waals surface area contributed by atoms with Gasteiger partial charge in [-0.25, -0.2) is 4.99 Å². The van der Waals surface area contributed by atoms with Crippen molar-refractivity contribution in [3.05, 3.63) is 46.4 Å². The van der Waals surface area contributed by atoms with Crippen molar-refractivity contribution >= 4 is 63.3 Å². The lowest BCUT2D eigenvalue weighted by atomic mass is 10.2. The zero-order valence-electron chi connectivity index (χ0n) is 16.2. The highest BCUT2D eigenvalue weighted by atomic mass is 35.5. The molecule has 2 aromatic rings. The van der Waals surface area contributed by atoms with Gasteiger partial charge in [-0.3, -0.25) is 14.5 Å². The Hall–Kier alpha value is -2.42. The number of amides is 2. The first-order valence-electron chi connectivity index (χ1n) is 9.02. The third kappa shape index (κ3) is 5.19. The number of anilines is 1. The summed E-state index contributed by atoms with van der Waals surface area (Å²) in [4.78, 5) is 30.9. The Kier molecular flexibility index (Phi) is 7.12. The van der Waals surface area contributed by atoms with Gasteiger partial charge in [-0.05, 0) is 43.3 Å². The van der Waals surface area contributed by atoms with Gasteiger partial charge in [0.25, 0.3) is 0 Å². The van der Waals surface area contributed by atoms with E-state index in [2.05, 4.69) is 10.3 Å². The number of carbonyl (C=O) groups excluding carboxylic acids is 2. The second-order valence-electron chi connectivity index (χ2n) is 6.36. The molecular weight excluding hydrogens is 449 g/mol. The Bertz CT molecular complexity index is 975. The van der Waals surface area contributed by atoms with E-state index < -0.39 is 5.25 Å². The van der Waals surface area contributed by atoms with E-state index in [1.807, 2.05) is 6.92 Å². The maximum atomic E-state index is 12.7. The molecule has 1 saturated heterocycles. The first-order valence-corrected chi connectivity index (χ1v) is 10.7. The van der Waals surface area contributed by atoms with Gasteiger partial charge in [-0.2, -0.15) is 0 Å². The Morgan fingerprint density at radius 2 is 1.93 bits per heavy atom. The van der Waals surface area contributed by atoms with Crippen LogP contribution in [0.3, 0.4) is 0 Å². The molecule has 0 aliphatic carbocycles. The number of hydrogen-bond acceptors (Lipinski definition) is 6. The molecule has 30 heavy (non-hydrogen) atoms. The lowest BCUT2D eigenvalue weighted by molar-refractivity contribution is -0.128. The van der Waals surface area contributed by atoms with Crippen LogP contribution in [0, 0.1) is 0 Å². The molecule has 2 aromatic carbocycles. The van der Waals surface area contributed by atoms with Crippen LogP contribution in [0.5, 0.6) is 11.5 Å². The fraction of sp³-hybridized carbons (Fsp3) is 0.250. The minimum absolute atomic E-state index is 0.0418. The molecule has 2 amide bonds. The molecule has 1 fully saturated rings. The van der Waals surface area contributed by atoms with E-state index in [0.717, 1.165) is 11.8 Å². The average molecular weight is 468 g/mol. The summed E-state index contributed by atoms with van der Waals surface area (Å²) >= 11 is 13.0. The molecule has 1 heterocycles. The predicted octanol–water partition coefficient (Wildman–Crippen LogP) is 4.69. The molecule has 0 aromatic heterocycles. The maximum absolute atomic E-state index is 12.7. The fourth-order valence-electron chi connectivity index (χ4n) is 2.65. The lowest BCUT2D eigenvalue weighted by Gasteiger charge is -2.28. The van der Waals surface area contributed by atoms with Crippen LogP contribution in [0.4, 0.5) is 11.4 Å². The highest BCUT2D eigenvalue weighted by Crippen LogP contribution is 2.37. The molecule has 7 nitrogen and oxygen atoms in total. The van der Waals surface area contributed by atoms with Crippen LogP contribution in [0.15, 0.2) is 41.4 Å². The van der Waals surface area contributed by atoms with Crippen molar-refractivity contribution < 1.29 is 19.4 Å².